The molecule has 17 heavy (non-hydrogen) atoms. The van der Waals surface area contributed by atoms with Gasteiger partial charge in [0.2, 0.25) is 0 Å². The highest BCUT2D eigenvalue weighted by Gasteiger charge is 2.14. The van der Waals surface area contributed by atoms with E-state index >= 15 is 0 Å². The van der Waals surface area contributed by atoms with Crippen LogP contribution in [0.1, 0.15) is 0 Å². The van der Waals surface area contributed by atoms with Gasteiger partial charge in [0.1, 0.15) is 5.69 Å². The first-order chi connectivity index (χ1) is 8.18. The Morgan fingerprint density at radius 3 is 2.41 bits per heavy atom. The summed E-state index contributed by atoms with van der Waals surface area (Å²) in [5.74, 6) is 0. The largest absolute Gasteiger partial charge is 0.393 e. The molecule has 0 bridgehead atoms. The van der Waals surface area contributed by atoms with E-state index in [0.29, 0.717) is 8.58 Å². The van der Waals surface area contributed by atoms with E-state index in [4.69, 9.17) is 5.73 Å². The van der Waals surface area contributed by atoms with Crippen molar-refractivity contribution in [1.29, 1.82) is 0 Å². The van der Waals surface area contributed by atoms with Crippen molar-refractivity contribution in [2.24, 2.45) is 0 Å². The average molecular weight is 246 g/mol. The number of nitro groups is 1. The zero-order valence-electron chi connectivity index (χ0n) is 8.96. The number of rotatable bonds is 3. The molecule has 5 heteroatoms. The lowest BCUT2D eigenvalue weighted by molar-refractivity contribution is -0.383. The second-order valence-electron chi connectivity index (χ2n) is 3.49. The maximum atomic E-state index is 10.8. The molecule has 0 aliphatic heterocycles. The Balaban J connectivity index is 2.34. The van der Waals surface area contributed by atoms with Gasteiger partial charge in [-0.15, -0.1) is 0 Å². The molecular formula is C12H11N2O2P. The molecule has 0 aromatic heterocycles. The maximum absolute atomic E-state index is 10.8. The summed E-state index contributed by atoms with van der Waals surface area (Å²) in [4.78, 5) is 10.3. The highest BCUT2D eigenvalue weighted by atomic mass is 31.1. The third-order valence-corrected chi connectivity index (χ3v) is 3.66. The van der Waals surface area contributed by atoms with E-state index in [0.717, 1.165) is 10.6 Å². The molecular weight excluding hydrogens is 235 g/mol. The van der Waals surface area contributed by atoms with Crippen molar-refractivity contribution in [3.63, 3.8) is 0 Å². The SMILES string of the molecule is Nc1c(Pc2ccccc2)cccc1[N+](=O)[O-]. The summed E-state index contributed by atoms with van der Waals surface area (Å²) < 4.78 is 0. The molecule has 0 spiro atoms. The first-order valence-electron chi connectivity index (χ1n) is 5.03. The van der Waals surface area contributed by atoms with Gasteiger partial charge in [-0.1, -0.05) is 51.0 Å². The van der Waals surface area contributed by atoms with Crippen LogP contribution < -0.4 is 16.3 Å². The summed E-state index contributed by atoms with van der Waals surface area (Å²) >= 11 is 0. The number of hydrogen-bond acceptors (Lipinski definition) is 3. The van der Waals surface area contributed by atoms with Gasteiger partial charge in [-0.3, -0.25) is 10.1 Å². The molecule has 0 fully saturated rings. The Labute approximate surface area is 100 Å². The standard InChI is InChI=1S/C12H11N2O2P/c13-12-10(14(15)16)7-4-8-11(12)17-9-5-2-1-3-6-9/h1-8,17H,13H2. The van der Waals surface area contributed by atoms with E-state index in [9.17, 15) is 10.1 Å². The minimum atomic E-state index is -0.450. The fourth-order valence-electron chi connectivity index (χ4n) is 1.50. The molecule has 0 radical (unpaired) electrons. The number of benzene rings is 2. The van der Waals surface area contributed by atoms with Crippen LogP contribution in [0.5, 0.6) is 0 Å². The topological polar surface area (TPSA) is 69.2 Å². The van der Waals surface area contributed by atoms with Gasteiger partial charge in [0.25, 0.3) is 5.69 Å². The molecule has 1 atom stereocenters. The second-order valence-corrected chi connectivity index (χ2v) is 4.85. The van der Waals surface area contributed by atoms with E-state index in [-0.39, 0.29) is 11.4 Å². The molecule has 0 saturated heterocycles. The Hall–Kier alpha value is -1.93. The minimum absolute atomic E-state index is 0.0223. The summed E-state index contributed by atoms with van der Waals surface area (Å²) in [6, 6.07) is 14.7. The molecule has 2 N–H and O–H groups in total. The zero-order valence-corrected chi connectivity index (χ0v) is 9.96. The predicted octanol–water partition coefficient (Wildman–Crippen LogP) is 1.81. The first-order valence-corrected chi connectivity index (χ1v) is 6.03. The van der Waals surface area contributed by atoms with E-state index in [1.807, 2.05) is 36.4 Å². The molecule has 0 heterocycles. The lowest BCUT2D eigenvalue weighted by atomic mass is 10.3. The highest BCUT2D eigenvalue weighted by Crippen LogP contribution is 2.24. The molecule has 0 saturated carbocycles. The van der Waals surface area contributed by atoms with Gasteiger partial charge in [0.05, 0.1) is 4.92 Å². The van der Waals surface area contributed by atoms with Crippen molar-refractivity contribution < 1.29 is 4.92 Å². The zero-order chi connectivity index (χ0) is 12.3. The second kappa shape index (κ2) is 4.93. The van der Waals surface area contributed by atoms with Crippen LogP contribution >= 0.6 is 8.58 Å². The van der Waals surface area contributed by atoms with Gasteiger partial charge < -0.3 is 5.73 Å². The van der Waals surface area contributed by atoms with Gasteiger partial charge in [-0.25, -0.2) is 0 Å². The maximum Gasteiger partial charge on any atom is 0.292 e. The predicted molar refractivity (Wildman–Crippen MR) is 71.5 cm³/mol. The lowest BCUT2D eigenvalue weighted by Crippen LogP contribution is -2.10. The van der Waals surface area contributed by atoms with Gasteiger partial charge in [0, 0.05) is 11.4 Å². The number of nitrogens with zero attached hydrogens (tertiary/aromatic N) is 1. The smallest absolute Gasteiger partial charge is 0.292 e. The van der Waals surface area contributed by atoms with Gasteiger partial charge in [-0.2, -0.15) is 0 Å². The first kappa shape index (κ1) is 11.6. The minimum Gasteiger partial charge on any atom is -0.393 e. The van der Waals surface area contributed by atoms with Crippen LogP contribution in [-0.2, 0) is 0 Å². The number of para-hydroxylation sites is 1. The summed E-state index contributed by atoms with van der Waals surface area (Å²) in [5.41, 5.74) is 6.04. The Bertz CT molecular complexity index is 543. The number of nitro benzene ring substituents is 1. The monoisotopic (exact) mass is 246 g/mol. The summed E-state index contributed by atoms with van der Waals surface area (Å²) in [7, 11) is 0.335. The van der Waals surface area contributed by atoms with Crippen LogP contribution in [0.25, 0.3) is 0 Å². The van der Waals surface area contributed by atoms with E-state index in [2.05, 4.69) is 0 Å². The summed E-state index contributed by atoms with van der Waals surface area (Å²) in [6.07, 6.45) is 0. The highest BCUT2D eigenvalue weighted by molar-refractivity contribution is 7.55. The van der Waals surface area contributed by atoms with E-state index < -0.39 is 4.92 Å². The van der Waals surface area contributed by atoms with Crippen LogP contribution in [0.3, 0.4) is 0 Å². The quantitative estimate of drug-likeness (QED) is 0.388. The van der Waals surface area contributed by atoms with Crippen molar-refractivity contribution in [1.82, 2.24) is 0 Å². The lowest BCUT2D eigenvalue weighted by Gasteiger charge is -2.06. The summed E-state index contributed by atoms with van der Waals surface area (Å²) in [6.45, 7) is 0. The van der Waals surface area contributed by atoms with Crippen LogP contribution in [0, 0.1) is 10.1 Å². The number of nitrogen functional groups attached to an aromatic ring is 1. The van der Waals surface area contributed by atoms with Crippen LogP contribution in [0.2, 0.25) is 0 Å². The molecule has 2 rings (SSSR count). The third kappa shape index (κ3) is 2.60. The summed E-state index contributed by atoms with van der Waals surface area (Å²) in [5, 5.41) is 12.7. The third-order valence-electron chi connectivity index (χ3n) is 2.33. The molecule has 2 aromatic carbocycles. The number of nitrogens with two attached hydrogens (primary N) is 1. The van der Waals surface area contributed by atoms with Crippen LogP contribution in [0.4, 0.5) is 11.4 Å². The average Bonchev–Trinajstić information content (AvgIpc) is 2.33. The Kier molecular flexibility index (Phi) is 3.35. The van der Waals surface area contributed by atoms with Crippen molar-refractivity contribution in [2.75, 3.05) is 5.73 Å². The molecule has 0 aliphatic rings. The fourth-order valence-corrected chi connectivity index (χ4v) is 2.61. The Morgan fingerprint density at radius 2 is 1.76 bits per heavy atom. The molecule has 0 amide bonds. The van der Waals surface area contributed by atoms with Crippen LogP contribution in [0.15, 0.2) is 48.5 Å². The van der Waals surface area contributed by atoms with Gasteiger partial charge >= 0.3 is 0 Å². The van der Waals surface area contributed by atoms with Crippen molar-refractivity contribution in [3.05, 3.63) is 58.6 Å². The van der Waals surface area contributed by atoms with Gasteiger partial charge in [0.15, 0.2) is 0 Å². The number of hydrogen-bond donors (Lipinski definition) is 1. The molecule has 4 nitrogen and oxygen atoms in total. The molecule has 1 unspecified atom stereocenters. The normalized spacial score (nSPS) is 10.8. The van der Waals surface area contributed by atoms with Crippen molar-refractivity contribution in [3.8, 4) is 0 Å². The Morgan fingerprint density at radius 1 is 1.06 bits per heavy atom. The fraction of sp³-hybridized carbons (Fsp3) is 0. The van der Waals surface area contributed by atoms with Crippen molar-refractivity contribution in [2.45, 2.75) is 0 Å². The molecule has 2 aromatic rings. The molecule has 0 aliphatic carbocycles. The van der Waals surface area contributed by atoms with Crippen molar-refractivity contribution >= 4 is 30.6 Å². The van der Waals surface area contributed by atoms with Gasteiger partial charge in [-0.05, 0) is 5.30 Å². The van der Waals surface area contributed by atoms with Crippen LogP contribution in [-0.4, -0.2) is 4.92 Å². The van der Waals surface area contributed by atoms with E-state index in [1.165, 1.54) is 6.07 Å². The van der Waals surface area contributed by atoms with E-state index in [1.54, 1.807) is 6.07 Å². The molecule has 86 valence electrons. The number of anilines is 1.